The Morgan fingerprint density at radius 1 is 1.05 bits per heavy atom. The third-order valence-corrected chi connectivity index (χ3v) is 7.98. The van der Waals surface area contributed by atoms with Crippen LogP contribution >= 0.6 is 11.3 Å². The zero-order valence-electron chi connectivity index (χ0n) is 22.4. The van der Waals surface area contributed by atoms with E-state index in [2.05, 4.69) is 15.3 Å². The summed E-state index contributed by atoms with van der Waals surface area (Å²) in [6.07, 6.45) is 1.63. The van der Waals surface area contributed by atoms with Crippen LogP contribution in [0.1, 0.15) is 45.7 Å². The van der Waals surface area contributed by atoms with Gasteiger partial charge in [-0.25, -0.2) is 4.98 Å². The summed E-state index contributed by atoms with van der Waals surface area (Å²) < 4.78 is 11.5. The lowest BCUT2D eigenvalue weighted by Gasteiger charge is -2.26. The molecular weight excluding hydrogens is 530 g/mol. The highest BCUT2D eigenvalue weighted by Gasteiger charge is 2.26. The molecule has 1 fully saturated rings. The van der Waals surface area contributed by atoms with Crippen molar-refractivity contribution >= 4 is 51.3 Å². The first-order valence-electron chi connectivity index (χ1n) is 12.8. The number of carbonyl (C=O) groups excluding carboxylic acids is 3. The second-order valence-electron chi connectivity index (χ2n) is 10.3. The number of carbonyl (C=O) groups is 3. The van der Waals surface area contributed by atoms with Crippen molar-refractivity contribution in [1.29, 1.82) is 0 Å². The van der Waals surface area contributed by atoms with Gasteiger partial charge in [0, 0.05) is 41.2 Å². The Morgan fingerprint density at radius 3 is 2.48 bits per heavy atom. The topological polar surface area (TPSA) is 137 Å². The average molecular weight is 560 g/mol. The van der Waals surface area contributed by atoms with Crippen LogP contribution < -0.4 is 20.7 Å². The first-order chi connectivity index (χ1) is 19.1. The number of ketones is 1. The third-order valence-electron chi connectivity index (χ3n) is 6.40. The van der Waals surface area contributed by atoms with E-state index >= 15 is 0 Å². The van der Waals surface area contributed by atoms with Crippen LogP contribution in [0.25, 0.3) is 10.8 Å². The summed E-state index contributed by atoms with van der Waals surface area (Å²) in [7, 11) is 0. The summed E-state index contributed by atoms with van der Waals surface area (Å²) in [5.41, 5.74) is 5.71. The molecule has 0 spiro atoms. The number of nitrogens with zero attached hydrogens (tertiary/aromatic N) is 3. The fourth-order valence-electron chi connectivity index (χ4n) is 4.31. The number of amides is 2. The Morgan fingerprint density at radius 2 is 1.77 bits per heavy atom. The van der Waals surface area contributed by atoms with Crippen molar-refractivity contribution < 1.29 is 23.9 Å². The molecule has 3 heterocycles. The van der Waals surface area contributed by atoms with E-state index in [0.717, 1.165) is 4.88 Å². The molecule has 11 heteroatoms. The Bertz CT molecular complexity index is 1600. The Kier molecular flexibility index (Phi) is 7.51. The van der Waals surface area contributed by atoms with Crippen molar-refractivity contribution in [3.05, 3.63) is 70.0 Å². The molecule has 4 aromatic rings. The predicted octanol–water partition coefficient (Wildman–Crippen LogP) is 4.54. The molecule has 0 atom stereocenters. The largest absolute Gasteiger partial charge is 0.438 e. The number of nitrogens with two attached hydrogens (primary N) is 1. The van der Waals surface area contributed by atoms with Gasteiger partial charge >= 0.3 is 0 Å². The third kappa shape index (κ3) is 5.65. The van der Waals surface area contributed by atoms with Gasteiger partial charge < -0.3 is 25.4 Å². The highest BCUT2D eigenvalue weighted by Crippen LogP contribution is 2.36. The van der Waals surface area contributed by atoms with Gasteiger partial charge in [-0.3, -0.25) is 14.4 Å². The minimum absolute atomic E-state index is 0.195. The van der Waals surface area contributed by atoms with Gasteiger partial charge in [-0.2, -0.15) is 4.98 Å². The van der Waals surface area contributed by atoms with E-state index in [0.29, 0.717) is 54.7 Å². The number of rotatable bonds is 7. The van der Waals surface area contributed by atoms with Gasteiger partial charge in [0.2, 0.25) is 11.8 Å². The summed E-state index contributed by atoms with van der Waals surface area (Å²) in [5.74, 6) is -0.917. The van der Waals surface area contributed by atoms with E-state index < -0.39 is 17.6 Å². The van der Waals surface area contributed by atoms with Crippen LogP contribution in [0.5, 0.6) is 11.6 Å². The van der Waals surface area contributed by atoms with Crippen molar-refractivity contribution in [2.75, 3.05) is 36.5 Å². The summed E-state index contributed by atoms with van der Waals surface area (Å²) in [4.78, 5) is 50.4. The molecular formula is C29H29N5O5S. The number of thiophene rings is 1. The first kappa shape index (κ1) is 27.2. The van der Waals surface area contributed by atoms with Gasteiger partial charge in [0.25, 0.3) is 17.6 Å². The lowest BCUT2D eigenvalue weighted by molar-refractivity contribution is -0.112. The molecule has 0 aliphatic carbocycles. The summed E-state index contributed by atoms with van der Waals surface area (Å²) in [6, 6.07) is 13.7. The van der Waals surface area contributed by atoms with Crippen LogP contribution in [0.4, 0.5) is 11.6 Å². The van der Waals surface area contributed by atoms with Gasteiger partial charge in [0.05, 0.1) is 18.9 Å². The number of Topliss-reactive ketones (excluding diaryl/α,β-unsaturated/α-hetero) is 1. The first-order valence-corrected chi connectivity index (χ1v) is 13.6. The number of hydrogen-bond acceptors (Lipinski definition) is 9. The van der Waals surface area contributed by atoms with Crippen LogP contribution in [0, 0.1) is 0 Å². The fourth-order valence-corrected chi connectivity index (χ4v) is 5.34. The molecule has 0 bridgehead atoms. The van der Waals surface area contributed by atoms with Crippen molar-refractivity contribution in [3.63, 3.8) is 0 Å². The predicted molar refractivity (Wildman–Crippen MR) is 154 cm³/mol. The van der Waals surface area contributed by atoms with Crippen molar-refractivity contribution in [2.45, 2.75) is 26.2 Å². The number of fused-ring (bicyclic) bond motifs is 1. The standard InChI is InChI=1S/C29H29N5O5S/c1-29(2,3)22-16-20(25(40-22)26(30)36)32-27(37)24(35)19-8-9-21(18-7-5-4-6-17(18)19)39-23-10-11-31-28(33-23)34-12-14-38-15-13-34/h4-11,16H,12-15H2,1-3H3,(H2,30,36)(H,32,37). The molecule has 10 nitrogen and oxygen atoms in total. The SMILES string of the molecule is CC(C)(C)c1cc(NC(=O)C(=O)c2ccc(Oc3ccnc(N4CCOCC4)n3)c3ccccc23)c(C(N)=O)s1. The second-order valence-corrected chi connectivity index (χ2v) is 11.4. The molecule has 0 unspecified atom stereocenters. The number of primary amides is 1. The summed E-state index contributed by atoms with van der Waals surface area (Å²) in [5, 5.41) is 3.77. The molecule has 1 aliphatic heterocycles. The van der Waals surface area contributed by atoms with Crippen LogP contribution in [0.2, 0.25) is 0 Å². The zero-order valence-corrected chi connectivity index (χ0v) is 23.2. The summed E-state index contributed by atoms with van der Waals surface area (Å²) in [6.45, 7) is 8.56. The number of hydrogen-bond donors (Lipinski definition) is 2. The smallest absolute Gasteiger partial charge is 0.296 e. The highest BCUT2D eigenvalue weighted by molar-refractivity contribution is 7.14. The maximum Gasteiger partial charge on any atom is 0.296 e. The van der Waals surface area contributed by atoms with Crippen molar-refractivity contribution in [1.82, 2.24) is 9.97 Å². The monoisotopic (exact) mass is 559 g/mol. The van der Waals surface area contributed by atoms with Crippen LogP contribution in [-0.2, 0) is 14.9 Å². The molecule has 206 valence electrons. The number of benzene rings is 2. The van der Waals surface area contributed by atoms with E-state index in [9.17, 15) is 14.4 Å². The lowest BCUT2D eigenvalue weighted by Crippen LogP contribution is -2.37. The van der Waals surface area contributed by atoms with Crippen LogP contribution in [-0.4, -0.2) is 53.9 Å². The molecule has 40 heavy (non-hydrogen) atoms. The molecule has 0 saturated carbocycles. The highest BCUT2D eigenvalue weighted by atomic mass is 32.1. The number of morpholine rings is 1. The van der Waals surface area contributed by atoms with E-state index in [1.807, 2.05) is 37.8 Å². The molecule has 0 radical (unpaired) electrons. The van der Waals surface area contributed by atoms with Gasteiger partial charge in [-0.05, 0) is 29.0 Å². The molecule has 1 aliphatic rings. The summed E-state index contributed by atoms with van der Waals surface area (Å²) >= 11 is 1.20. The van der Waals surface area contributed by atoms with E-state index in [4.69, 9.17) is 15.2 Å². The maximum absolute atomic E-state index is 13.3. The lowest BCUT2D eigenvalue weighted by atomic mass is 9.94. The number of ether oxygens (including phenoxy) is 2. The number of aromatic nitrogens is 2. The van der Waals surface area contributed by atoms with Gasteiger partial charge in [-0.15, -0.1) is 11.3 Å². The Balaban J connectivity index is 1.41. The minimum atomic E-state index is -0.870. The van der Waals surface area contributed by atoms with Crippen LogP contribution in [0.15, 0.2) is 54.7 Å². The fraction of sp³-hybridized carbons (Fsp3) is 0.276. The van der Waals surface area contributed by atoms with Crippen molar-refractivity contribution in [2.24, 2.45) is 5.73 Å². The van der Waals surface area contributed by atoms with Crippen molar-refractivity contribution in [3.8, 4) is 11.6 Å². The van der Waals surface area contributed by atoms with Gasteiger partial charge in [0.1, 0.15) is 10.6 Å². The normalized spacial score (nSPS) is 13.7. The van der Waals surface area contributed by atoms with E-state index in [-0.39, 0.29) is 21.5 Å². The quantitative estimate of drug-likeness (QED) is 0.249. The molecule has 3 N–H and O–H groups in total. The zero-order chi connectivity index (χ0) is 28.4. The Hall–Kier alpha value is -4.35. The number of anilines is 2. The average Bonchev–Trinajstić information content (AvgIpc) is 3.38. The molecule has 2 aromatic heterocycles. The van der Waals surface area contributed by atoms with E-state index in [1.54, 1.807) is 42.6 Å². The maximum atomic E-state index is 13.3. The second kappa shape index (κ2) is 11.0. The van der Waals surface area contributed by atoms with Gasteiger partial charge in [0.15, 0.2) is 0 Å². The number of nitrogens with one attached hydrogen (secondary N) is 1. The Labute approximate surface area is 235 Å². The molecule has 2 amide bonds. The minimum Gasteiger partial charge on any atom is -0.438 e. The van der Waals surface area contributed by atoms with Crippen LogP contribution in [0.3, 0.4) is 0 Å². The van der Waals surface area contributed by atoms with Gasteiger partial charge in [-0.1, -0.05) is 45.0 Å². The molecule has 5 rings (SSSR count). The van der Waals surface area contributed by atoms with E-state index in [1.165, 1.54) is 11.3 Å². The molecule has 2 aromatic carbocycles. The molecule has 1 saturated heterocycles.